The van der Waals surface area contributed by atoms with Gasteiger partial charge in [-0.05, 0) is 43.5 Å². The molecule has 0 bridgehead atoms. The number of benzene rings is 1. The van der Waals surface area contributed by atoms with E-state index >= 15 is 0 Å². The Hall–Kier alpha value is -0.970. The van der Waals surface area contributed by atoms with Crippen molar-refractivity contribution in [2.45, 2.75) is 38.8 Å². The Morgan fingerprint density at radius 2 is 2.24 bits per heavy atom. The van der Waals surface area contributed by atoms with Crippen molar-refractivity contribution in [2.75, 3.05) is 26.8 Å². The minimum absolute atomic E-state index is 0.00529. The van der Waals surface area contributed by atoms with Gasteiger partial charge in [0, 0.05) is 19.7 Å². The molecule has 1 N–H and O–H groups in total. The number of hydrogen-bond donors (Lipinski definition) is 1. The van der Waals surface area contributed by atoms with Crippen LogP contribution >= 0.6 is 11.6 Å². The molecule has 1 aromatic rings. The standard InChI is InChI=1S/C16H24ClNO3/c1-3-7-21-13-5-4-6-18(11-13)10-12-8-14(17)16(19)15(9-12)20-2/h8-9,13,19H,3-7,10-11H2,1-2H3. The third-order valence-electron chi connectivity index (χ3n) is 3.73. The molecular formula is C16H24ClNO3. The Morgan fingerprint density at radius 1 is 1.43 bits per heavy atom. The molecule has 0 aliphatic carbocycles. The third kappa shape index (κ3) is 4.50. The van der Waals surface area contributed by atoms with Gasteiger partial charge in [0.25, 0.3) is 0 Å². The van der Waals surface area contributed by atoms with Crippen LogP contribution < -0.4 is 4.74 Å². The summed E-state index contributed by atoms with van der Waals surface area (Å²) in [5, 5.41) is 10.1. The van der Waals surface area contributed by atoms with E-state index in [1.165, 1.54) is 7.11 Å². The predicted molar refractivity (Wildman–Crippen MR) is 84.2 cm³/mol. The Bertz CT molecular complexity index is 467. The minimum Gasteiger partial charge on any atom is -0.503 e. The number of halogens is 1. The summed E-state index contributed by atoms with van der Waals surface area (Å²) in [5.41, 5.74) is 1.05. The van der Waals surface area contributed by atoms with E-state index in [-0.39, 0.29) is 5.75 Å². The van der Waals surface area contributed by atoms with Gasteiger partial charge in [0.05, 0.1) is 18.2 Å². The highest BCUT2D eigenvalue weighted by Gasteiger charge is 2.21. The Kier molecular flexibility index (Phi) is 6.15. The number of hydrogen-bond acceptors (Lipinski definition) is 4. The first kappa shape index (κ1) is 16.4. The van der Waals surface area contributed by atoms with Crippen molar-refractivity contribution in [1.29, 1.82) is 0 Å². The van der Waals surface area contributed by atoms with Crippen LogP contribution in [-0.4, -0.2) is 42.9 Å². The Balaban J connectivity index is 1.99. The second-order valence-corrected chi connectivity index (χ2v) is 5.91. The average Bonchev–Trinajstić information content (AvgIpc) is 2.49. The molecule has 5 heteroatoms. The molecule has 0 spiro atoms. The zero-order valence-electron chi connectivity index (χ0n) is 12.8. The molecule has 0 saturated carbocycles. The number of phenolic OH excluding ortho intramolecular Hbond substituents is 1. The monoisotopic (exact) mass is 313 g/mol. The smallest absolute Gasteiger partial charge is 0.176 e. The van der Waals surface area contributed by atoms with Gasteiger partial charge in [0.2, 0.25) is 0 Å². The van der Waals surface area contributed by atoms with Gasteiger partial charge < -0.3 is 14.6 Å². The highest BCUT2D eigenvalue weighted by molar-refractivity contribution is 6.32. The number of aromatic hydroxyl groups is 1. The van der Waals surface area contributed by atoms with Crippen molar-refractivity contribution >= 4 is 11.6 Å². The van der Waals surface area contributed by atoms with Crippen LogP contribution in [0.3, 0.4) is 0 Å². The van der Waals surface area contributed by atoms with Crippen LogP contribution in [0, 0.1) is 0 Å². The van der Waals surface area contributed by atoms with E-state index in [1.54, 1.807) is 6.07 Å². The highest BCUT2D eigenvalue weighted by atomic mass is 35.5. The summed E-state index contributed by atoms with van der Waals surface area (Å²) >= 11 is 6.04. The highest BCUT2D eigenvalue weighted by Crippen LogP contribution is 2.35. The second-order valence-electron chi connectivity index (χ2n) is 5.50. The van der Waals surface area contributed by atoms with Gasteiger partial charge in [-0.15, -0.1) is 0 Å². The largest absolute Gasteiger partial charge is 0.503 e. The fourth-order valence-electron chi connectivity index (χ4n) is 2.71. The van der Waals surface area contributed by atoms with Crippen LogP contribution in [0.2, 0.25) is 5.02 Å². The van der Waals surface area contributed by atoms with Crippen LogP contribution in [0.1, 0.15) is 31.7 Å². The maximum atomic E-state index is 9.78. The van der Waals surface area contributed by atoms with Crippen LogP contribution in [0.5, 0.6) is 11.5 Å². The third-order valence-corrected chi connectivity index (χ3v) is 4.02. The SMILES string of the molecule is CCCOC1CCCN(Cc2cc(Cl)c(O)c(OC)c2)C1. The number of phenols is 1. The average molecular weight is 314 g/mol. The minimum atomic E-state index is 0.00529. The van der Waals surface area contributed by atoms with Crippen molar-refractivity contribution in [1.82, 2.24) is 4.90 Å². The molecule has 1 aliphatic heterocycles. The van der Waals surface area contributed by atoms with Gasteiger partial charge in [0.1, 0.15) is 0 Å². The fourth-order valence-corrected chi connectivity index (χ4v) is 2.94. The number of likely N-dealkylation sites (tertiary alicyclic amines) is 1. The normalized spacial score (nSPS) is 19.7. The molecule has 0 amide bonds. The Labute approximate surface area is 131 Å². The number of piperidine rings is 1. The number of ether oxygens (including phenoxy) is 2. The Morgan fingerprint density at radius 3 is 2.95 bits per heavy atom. The summed E-state index contributed by atoms with van der Waals surface area (Å²) < 4.78 is 11.0. The van der Waals surface area contributed by atoms with Gasteiger partial charge in [0.15, 0.2) is 11.5 Å². The quantitative estimate of drug-likeness (QED) is 0.873. The van der Waals surface area contributed by atoms with Crippen LogP contribution in [0.25, 0.3) is 0 Å². The van der Waals surface area contributed by atoms with Gasteiger partial charge in [-0.3, -0.25) is 4.90 Å². The van der Waals surface area contributed by atoms with Gasteiger partial charge >= 0.3 is 0 Å². The summed E-state index contributed by atoms with van der Waals surface area (Å²) in [6.07, 6.45) is 3.67. The molecule has 1 aromatic carbocycles. The summed E-state index contributed by atoms with van der Waals surface area (Å²) in [6, 6.07) is 3.65. The fraction of sp³-hybridized carbons (Fsp3) is 0.625. The van der Waals surface area contributed by atoms with Crippen molar-refractivity contribution in [3.05, 3.63) is 22.7 Å². The van der Waals surface area contributed by atoms with E-state index < -0.39 is 0 Å². The lowest BCUT2D eigenvalue weighted by molar-refractivity contribution is -0.00224. The lowest BCUT2D eigenvalue weighted by Gasteiger charge is -2.32. The molecule has 1 fully saturated rings. The summed E-state index contributed by atoms with van der Waals surface area (Å²) in [7, 11) is 1.53. The van der Waals surface area contributed by atoms with E-state index in [1.807, 2.05) is 6.07 Å². The van der Waals surface area contributed by atoms with Gasteiger partial charge in [-0.2, -0.15) is 0 Å². The van der Waals surface area contributed by atoms with Gasteiger partial charge in [-0.25, -0.2) is 0 Å². The van der Waals surface area contributed by atoms with Crippen LogP contribution in [-0.2, 0) is 11.3 Å². The molecule has 0 radical (unpaired) electrons. The molecule has 1 aliphatic rings. The molecule has 1 unspecified atom stereocenters. The molecule has 1 atom stereocenters. The van der Waals surface area contributed by atoms with E-state index in [2.05, 4.69) is 11.8 Å². The molecule has 1 saturated heterocycles. The summed E-state index contributed by atoms with van der Waals surface area (Å²) in [4.78, 5) is 2.37. The van der Waals surface area contributed by atoms with Crippen molar-refractivity contribution < 1.29 is 14.6 Å². The summed E-state index contributed by atoms with van der Waals surface area (Å²) in [6.45, 7) is 5.76. The van der Waals surface area contributed by atoms with E-state index in [9.17, 15) is 5.11 Å². The first-order valence-corrected chi connectivity index (χ1v) is 7.91. The maximum Gasteiger partial charge on any atom is 0.176 e. The zero-order valence-corrected chi connectivity index (χ0v) is 13.5. The molecule has 0 aromatic heterocycles. The lowest BCUT2D eigenvalue weighted by atomic mass is 10.1. The molecule has 4 nitrogen and oxygen atoms in total. The number of rotatable bonds is 6. The first-order chi connectivity index (χ1) is 10.1. The van der Waals surface area contributed by atoms with Crippen molar-refractivity contribution in [2.24, 2.45) is 0 Å². The molecule has 2 rings (SSSR count). The number of methoxy groups -OCH3 is 1. The van der Waals surface area contributed by atoms with Crippen LogP contribution in [0.4, 0.5) is 0 Å². The van der Waals surface area contributed by atoms with Crippen molar-refractivity contribution in [3.63, 3.8) is 0 Å². The number of nitrogens with zero attached hydrogens (tertiary/aromatic N) is 1. The summed E-state index contributed by atoms with van der Waals surface area (Å²) in [5.74, 6) is 0.430. The molecule has 1 heterocycles. The molecular weight excluding hydrogens is 290 g/mol. The zero-order chi connectivity index (χ0) is 15.2. The van der Waals surface area contributed by atoms with Crippen LogP contribution in [0.15, 0.2) is 12.1 Å². The van der Waals surface area contributed by atoms with E-state index in [0.717, 1.165) is 51.1 Å². The molecule has 21 heavy (non-hydrogen) atoms. The molecule has 118 valence electrons. The lowest BCUT2D eigenvalue weighted by Crippen LogP contribution is -2.39. The van der Waals surface area contributed by atoms with Crippen molar-refractivity contribution in [3.8, 4) is 11.5 Å². The van der Waals surface area contributed by atoms with Gasteiger partial charge in [-0.1, -0.05) is 18.5 Å². The predicted octanol–water partition coefficient (Wildman–Crippen LogP) is 3.45. The van der Waals surface area contributed by atoms with E-state index in [0.29, 0.717) is 16.9 Å². The topological polar surface area (TPSA) is 41.9 Å². The second kappa shape index (κ2) is 7.87. The van der Waals surface area contributed by atoms with E-state index in [4.69, 9.17) is 21.1 Å². The maximum absolute atomic E-state index is 9.78. The first-order valence-electron chi connectivity index (χ1n) is 7.53.